The second kappa shape index (κ2) is 14.8. The van der Waals surface area contributed by atoms with Gasteiger partial charge in [0.05, 0.1) is 6.54 Å². The molecule has 2 saturated heterocycles. The molecule has 1 amide bonds. The number of ether oxygens (including phenoxy) is 1. The Hall–Kier alpha value is -3.79. The van der Waals surface area contributed by atoms with E-state index in [1.807, 2.05) is 36.4 Å². The number of aromatic nitrogens is 2. The van der Waals surface area contributed by atoms with Crippen LogP contribution in [0.1, 0.15) is 66.6 Å². The number of pyridine rings is 2. The van der Waals surface area contributed by atoms with E-state index in [-0.39, 0.29) is 13.2 Å². The first-order valence-electron chi connectivity index (χ1n) is 16.9. The van der Waals surface area contributed by atoms with E-state index in [2.05, 4.69) is 44.1 Å². The fourth-order valence-corrected chi connectivity index (χ4v) is 6.65. The molecule has 0 aliphatic carbocycles. The monoisotopic (exact) mass is 632 g/mol. The molecule has 246 valence electrons. The van der Waals surface area contributed by atoms with Crippen molar-refractivity contribution in [2.45, 2.75) is 82.2 Å². The first-order valence-corrected chi connectivity index (χ1v) is 16.9. The maximum absolute atomic E-state index is 15.2. The summed E-state index contributed by atoms with van der Waals surface area (Å²) in [6.07, 6.45) is 7.21. The number of hydrogen-bond donors (Lipinski definition) is 3. The van der Waals surface area contributed by atoms with Crippen LogP contribution in [0.15, 0.2) is 54.6 Å². The number of nitrogens with one attached hydrogen (secondary N) is 3. The molecule has 0 radical (unpaired) electrons. The number of likely N-dealkylation sites (tertiary alicyclic amines) is 1. The highest BCUT2D eigenvalue weighted by Crippen LogP contribution is 2.32. The molecule has 4 aliphatic heterocycles. The fraction of sp³-hybridized carbons (Fsp3) is 0.528. The molecule has 0 saturated carbocycles. The predicted molar refractivity (Wildman–Crippen MR) is 177 cm³/mol. The third-order valence-corrected chi connectivity index (χ3v) is 9.52. The number of benzene rings is 1. The van der Waals surface area contributed by atoms with Crippen LogP contribution in [0.4, 0.5) is 25.2 Å². The molecule has 3 N–H and O–H groups in total. The van der Waals surface area contributed by atoms with Gasteiger partial charge in [-0.1, -0.05) is 42.5 Å². The van der Waals surface area contributed by atoms with Crippen molar-refractivity contribution >= 4 is 17.7 Å². The number of amides is 1. The zero-order valence-corrected chi connectivity index (χ0v) is 26.6. The van der Waals surface area contributed by atoms with Crippen molar-refractivity contribution in [2.75, 3.05) is 49.9 Å². The number of fused-ring (bicyclic) bond motifs is 2. The standard InChI is InChI=1S/C22H26FN3O2.C14H20FN3/c23-22(11-10-19-9-8-18-7-4-13-24-20(18)25-19)12-14-26(16-22)21(27)28-15-17-5-2-1-3-6-17;15-14(7-9-16-10-14)6-5-12-4-3-11-2-1-8-17-13(11)18-12/h1-3,5-6,8-9H,4,7,10-16H2,(H,24,25);3-4,16H,1-2,5-10H2,(H,17,18). The van der Waals surface area contributed by atoms with Gasteiger partial charge >= 0.3 is 6.09 Å². The van der Waals surface area contributed by atoms with Crippen LogP contribution in [0, 0.1) is 0 Å². The Balaban J connectivity index is 0.000000178. The van der Waals surface area contributed by atoms with E-state index in [9.17, 15) is 9.18 Å². The molecule has 2 fully saturated rings. The quantitative estimate of drug-likeness (QED) is 0.273. The number of halogens is 2. The normalized spacial score (nSPS) is 23.3. The molecule has 1 aromatic carbocycles. The molecular formula is C36H46F2N6O2. The number of rotatable bonds is 8. The summed E-state index contributed by atoms with van der Waals surface area (Å²) in [5, 5.41) is 9.73. The van der Waals surface area contributed by atoms with E-state index >= 15 is 4.39 Å². The molecule has 0 spiro atoms. The lowest BCUT2D eigenvalue weighted by molar-refractivity contribution is 0.0924. The Labute approximate surface area is 270 Å². The van der Waals surface area contributed by atoms with Crippen LogP contribution in [-0.2, 0) is 37.0 Å². The second-order valence-electron chi connectivity index (χ2n) is 13.1. The summed E-state index contributed by atoms with van der Waals surface area (Å²) >= 11 is 0. The van der Waals surface area contributed by atoms with Crippen LogP contribution in [0.25, 0.3) is 0 Å². The summed E-state index contributed by atoms with van der Waals surface area (Å²) in [5.74, 6) is 1.95. The zero-order valence-electron chi connectivity index (χ0n) is 26.6. The van der Waals surface area contributed by atoms with Crippen LogP contribution in [0.5, 0.6) is 0 Å². The molecule has 8 nitrogen and oxygen atoms in total. The Morgan fingerprint density at radius 2 is 1.43 bits per heavy atom. The molecule has 6 heterocycles. The third-order valence-electron chi connectivity index (χ3n) is 9.52. The molecule has 46 heavy (non-hydrogen) atoms. The van der Waals surface area contributed by atoms with E-state index < -0.39 is 17.4 Å². The van der Waals surface area contributed by atoms with Crippen molar-refractivity contribution in [1.82, 2.24) is 20.2 Å². The van der Waals surface area contributed by atoms with Crippen LogP contribution < -0.4 is 16.0 Å². The van der Waals surface area contributed by atoms with Crippen molar-refractivity contribution in [3.63, 3.8) is 0 Å². The Kier molecular flexibility index (Phi) is 10.3. The lowest BCUT2D eigenvalue weighted by Crippen LogP contribution is -2.34. The van der Waals surface area contributed by atoms with E-state index in [1.54, 1.807) is 0 Å². The van der Waals surface area contributed by atoms with Gasteiger partial charge in [0.2, 0.25) is 0 Å². The molecule has 7 rings (SSSR count). The predicted octanol–water partition coefficient (Wildman–Crippen LogP) is 6.20. The second-order valence-corrected chi connectivity index (χ2v) is 13.1. The number of aryl methyl sites for hydroxylation is 4. The SMILES string of the molecule is FC1(CCc2ccc3c(n2)NCCC3)CCNC1.O=C(OCc1ccccc1)N1CCC(F)(CCc2ccc3c(n2)NCCC3)C1. The molecule has 2 aromatic heterocycles. The highest BCUT2D eigenvalue weighted by molar-refractivity contribution is 5.68. The van der Waals surface area contributed by atoms with Crippen molar-refractivity contribution in [3.8, 4) is 0 Å². The van der Waals surface area contributed by atoms with Crippen molar-refractivity contribution in [3.05, 3.63) is 82.7 Å². The van der Waals surface area contributed by atoms with Gasteiger partial charge in [-0.15, -0.1) is 0 Å². The molecule has 2 atom stereocenters. The number of anilines is 2. The highest BCUT2D eigenvalue weighted by atomic mass is 19.1. The molecule has 2 unspecified atom stereocenters. The van der Waals surface area contributed by atoms with Gasteiger partial charge in [0.1, 0.15) is 29.6 Å². The third kappa shape index (κ3) is 8.51. The average Bonchev–Trinajstić information content (AvgIpc) is 3.72. The van der Waals surface area contributed by atoms with Crippen LogP contribution in [0.3, 0.4) is 0 Å². The molecule has 0 bridgehead atoms. The molecule has 3 aromatic rings. The largest absolute Gasteiger partial charge is 0.445 e. The minimum atomic E-state index is -1.38. The Bertz CT molecular complexity index is 1470. The number of hydrogen-bond acceptors (Lipinski definition) is 7. The Morgan fingerprint density at radius 1 is 0.804 bits per heavy atom. The maximum Gasteiger partial charge on any atom is 0.410 e. The molecule has 10 heteroatoms. The van der Waals surface area contributed by atoms with E-state index in [0.717, 1.165) is 73.9 Å². The van der Waals surface area contributed by atoms with Gasteiger partial charge in [-0.25, -0.2) is 23.5 Å². The van der Waals surface area contributed by atoms with Crippen molar-refractivity contribution < 1.29 is 18.3 Å². The first kappa shape index (κ1) is 32.2. The minimum Gasteiger partial charge on any atom is -0.445 e. The van der Waals surface area contributed by atoms with Crippen molar-refractivity contribution in [2.24, 2.45) is 0 Å². The summed E-state index contributed by atoms with van der Waals surface area (Å²) in [7, 11) is 0. The van der Waals surface area contributed by atoms with Gasteiger partial charge in [-0.05, 0) is 93.2 Å². The summed E-state index contributed by atoms with van der Waals surface area (Å²) in [6, 6.07) is 17.8. The zero-order chi connectivity index (χ0) is 31.8. The fourth-order valence-electron chi connectivity index (χ4n) is 6.65. The van der Waals surface area contributed by atoms with Crippen LogP contribution in [0.2, 0.25) is 0 Å². The lowest BCUT2D eigenvalue weighted by atomic mass is 9.97. The summed E-state index contributed by atoms with van der Waals surface area (Å²) in [6.45, 7) is 3.93. The molecular weight excluding hydrogens is 586 g/mol. The van der Waals surface area contributed by atoms with E-state index in [0.29, 0.717) is 45.2 Å². The van der Waals surface area contributed by atoms with Gasteiger partial charge < -0.3 is 25.6 Å². The smallest absolute Gasteiger partial charge is 0.410 e. The van der Waals surface area contributed by atoms with Gasteiger partial charge in [-0.2, -0.15) is 0 Å². The first-order chi connectivity index (χ1) is 22.4. The van der Waals surface area contributed by atoms with Gasteiger partial charge in [0.15, 0.2) is 0 Å². The lowest BCUT2D eigenvalue weighted by Gasteiger charge is -2.21. The summed E-state index contributed by atoms with van der Waals surface area (Å²) in [4.78, 5) is 23.0. The minimum absolute atomic E-state index is 0.0871. The van der Waals surface area contributed by atoms with Gasteiger partial charge in [0, 0.05) is 44.0 Å². The average molecular weight is 633 g/mol. The molecule has 4 aliphatic rings. The number of carbonyl (C=O) groups is 1. The highest BCUT2D eigenvalue weighted by Gasteiger charge is 2.40. The number of carbonyl (C=O) groups excluding carboxylic acids is 1. The van der Waals surface area contributed by atoms with Crippen LogP contribution >= 0.6 is 0 Å². The topological polar surface area (TPSA) is 91.4 Å². The van der Waals surface area contributed by atoms with Crippen LogP contribution in [-0.4, -0.2) is 71.6 Å². The van der Waals surface area contributed by atoms with Crippen molar-refractivity contribution in [1.29, 1.82) is 0 Å². The maximum atomic E-state index is 15.2. The summed E-state index contributed by atoms with van der Waals surface area (Å²) in [5.41, 5.74) is 2.96. The van der Waals surface area contributed by atoms with E-state index in [1.165, 1.54) is 22.4 Å². The van der Waals surface area contributed by atoms with Gasteiger partial charge in [0.25, 0.3) is 0 Å². The number of alkyl halides is 2. The summed E-state index contributed by atoms with van der Waals surface area (Å²) < 4.78 is 34.8. The van der Waals surface area contributed by atoms with E-state index in [4.69, 9.17) is 4.74 Å². The Morgan fingerprint density at radius 3 is 2.04 bits per heavy atom. The van der Waals surface area contributed by atoms with Gasteiger partial charge in [-0.3, -0.25) is 0 Å². The number of nitrogens with zero attached hydrogens (tertiary/aromatic N) is 3.